The minimum atomic E-state index is -0.293. The highest BCUT2D eigenvalue weighted by molar-refractivity contribution is 14.1. The van der Waals surface area contributed by atoms with Crippen molar-refractivity contribution < 1.29 is 9.47 Å². The van der Waals surface area contributed by atoms with Crippen molar-refractivity contribution in [3.63, 3.8) is 0 Å². The van der Waals surface area contributed by atoms with Gasteiger partial charge in [0.05, 0.1) is 22.5 Å². The van der Waals surface area contributed by atoms with E-state index in [0.29, 0.717) is 16.5 Å². The Hall–Kier alpha value is -0.170. The van der Waals surface area contributed by atoms with Crippen molar-refractivity contribution >= 4 is 57.1 Å². The van der Waals surface area contributed by atoms with Gasteiger partial charge in [-0.2, -0.15) is 0 Å². The smallest absolute Gasteiger partial charge is 0.146 e. The summed E-state index contributed by atoms with van der Waals surface area (Å²) in [6.07, 6.45) is 0. The summed E-state index contributed by atoms with van der Waals surface area (Å²) < 4.78 is 11.7. The van der Waals surface area contributed by atoms with Gasteiger partial charge >= 0.3 is 0 Å². The van der Waals surface area contributed by atoms with E-state index in [4.69, 9.17) is 32.7 Å². The van der Waals surface area contributed by atoms with Crippen LogP contribution in [-0.2, 0) is 0 Å². The molecule has 0 bridgehead atoms. The van der Waals surface area contributed by atoms with Crippen molar-refractivity contribution in [2.24, 2.45) is 0 Å². The lowest BCUT2D eigenvalue weighted by atomic mass is 10.1. The monoisotopic (exact) mass is 428 g/mol. The highest BCUT2D eigenvalue weighted by Crippen LogP contribution is 2.44. The van der Waals surface area contributed by atoms with E-state index in [1.165, 1.54) is 2.88 Å². The molecule has 2 rings (SSSR count). The molecule has 1 unspecified atom stereocenters. The number of hydrogen-bond donors (Lipinski definition) is 0. The summed E-state index contributed by atoms with van der Waals surface area (Å²) in [6.45, 7) is 0. The Balaban J connectivity index is 2.47. The first-order valence-corrected chi connectivity index (χ1v) is 8.14. The first-order valence-electron chi connectivity index (χ1n) is 5.36. The summed E-state index contributed by atoms with van der Waals surface area (Å²) in [4.78, 5) is 0. The van der Waals surface area contributed by atoms with Gasteiger partial charge in [-0.05, 0) is 51.7 Å². The Kier molecular flexibility index (Phi) is 5.22. The Morgan fingerprint density at radius 3 is 2.53 bits per heavy atom. The van der Waals surface area contributed by atoms with E-state index in [9.17, 15) is 0 Å². The summed E-state index contributed by atoms with van der Waals surface area (Å²) in [5, 5.41) is 2.19. The molecule has 0 saturated carbocycles. The zero-order valence-corrected chi connectivity index (χ0v) is 14.7. The molecule has 6 heteroatoms. The molecule has 0 aliphatic rings. The summed E-state index contributed by atoms with van der Waals surface area (Å²) in [6, 6.07) is 5.74. The number of methoxy groups -OCH3 is 2. The van der Waals surface area contributed by atoms with Crippen molar-refractivity contribution in [1.29, 1.82) is 0 Å². The molecule has 0 N–H and O–H groups in total. The second kappa shape index (κ2) is 6.52. The van der Waals surface area contributed by atoms with E-state index >= 15 is 0 Å². The van der Waals surface area contributed by atoms with Crippen LogP contribution in [0.25, 0.3) is 0 Å². The van der Waals surface area contributed by atoms with E-state index in [-0.39, 0.29) is 5.38 Å². The first kappa shape index (κ1) is 15.2. The minimum absolute atomic E-state index is 0.293. The fourth-order valence-corrected chi connectivity index (χ4v) is 3.85. The SMILES string of the molecule is COc1ccc(C(Cl)c2csc(I)c2)c(OC)c1Cl. The lowest BCUT2D eigenvalue weighted by molar-refractivity contribution is 0.392. The number of benzene rings is 1. The Morgan fingerprint density at radius 2 is 2.00 bits per heavy atom. The normalized spacial score (nSPS) is 12.3. The third kappa shape index (κ3) is 3.12. The predicted octanol–water partition coefficient (Wildman–Crippen LogP) is 5.35. The summed E-state index contributed by atoms with van der Waals surface area (Å²) in [5.74, 6) is 1.13. The number of alkyl halides is 1. The maximum absolute atomic E-state index is 6.52. The molecule has 0 amide bonds. The second-order valence-electron chi connectivity index (χ2n) is 3.75. The van der Waals surface area contributed by atoms with E-state index in [2.05, 4.69) is 28.7 Å². The molecule has 2 nitrogen and oxygen atoms in total. The van der Waals surface area contributed by atoms with Gasteiger partial charge < -0.3 is 9.47 Å². The van der Waals surface area contributed by atoms with Crippen molar-refractivity contribution in [1.82, 2.24) is 0 Å². The summed E-state index contributed by atoms with van der Waals surface area (Å²) in [5.41, 5.74) is 1.87. The largest absolute Gasteiger partial charge is 0.495 e. The van der Waals surface area contributed by atoms with Crippen LogP contribution in [-0.4, -0.2) is 14.2 Å². The lowest BCUT2D eigenvalue weighted by Gasteiger charge is -2.16. The van der Waals surface area contributed by atoms with Crippen LogP contribution in [0.15, 0.2) is 23.6 Å². The van der Waals surface area contributed by atoms with Gasteiger partial charge in [-0.3, -0.25) is 0 Å². The average Bonchev–Trinajstić information content (AvgIpc) is 2.84. The molecule has 102 valence electrons. The molecule has 0 spiro atoms. The van der Waals surface area contributed by atoms with Crippen molar-refractivity contribution in [2.45, 2.75) is 5.38 Å². The fourth-order valence-electron chi connectivity index (χ4n) is 1.75. The van der Waals surface area contributed by atoms with Crippen LogP contribution in [0, 0.1) is 2.88 Å². The molecule has 1 aromatic heterocycles. The molecule has 0 fully saturated rings. The Labute approximate surface area is 139 Å². The molecule has 19 heavy (non-hydrogen) atoms. The van der Waals surface area contributed by atoms with E-state index in [0.717, 1.165) is 11.1 Å². The predicted molar refractivity (Wildman–Crippen MR) is 89.3 cm³/mol. The molecule has 0 radical (unpaired) electrons. The molecule has 2 aromatic rings. The highest BCUT2D eigenvalue weighted by Gasteiger charge is 2.21. The molecular formula is C13H11Cl2IO2S. The fraction of sp³-hybridized carbons (Fsp3) is 0.231. The second-order valence-corrected chi connectivity index (χ2v) is 7.37. The van der Waals surface area contributed by atoms with Gasteiger partial charge in [0.25, 0.3) is 0 Å². The molecular weight excluding hydrogens is 418 g/mol. The lowest BCUT2D eigenvalue weighted by Crippen LogP contribution is -1.98. The van der Waals surface area contributed by atoms with Gasteiger partial charge in [0.15, 0.2) is 0 Å². The standard InChI is InChI=1S/C13H11Cl2IO2S/c1-17-9-4-3-8(13(18-2)12(9)15)11(14)7-5-10(16)19-6-7/h3-6,11H,1-2H3. The molecule has 0 aliphatic heterocycles. The van der Waals surface area contributed by atoms with Crippen LogP contribution in [0.1, 0.15) is 16.5 Å². The zero-order valence-electron chi connectivity index (χ0n) is 10.2. The summed E-state index contributed by atoms with van der Waals surface area (Å²) in [7, 11) is 3.14. The quantitative estimate of drug-likeness (QED) is 0.482. The van der Waals surface area contributed by atoms with Crippen LogP contribution in [0.5, 0.6) is 11.5 Å². The van der Waals surface area contributed by atoms with Gasteiger partial charge in [-0.15, -0.1) is 22.9 Å². The number of ether oxygens (including phenoxy) is 2. The van der Waals surface area contributed by atoms with Crippen molar-refractivity contribution in [2.75, 3.05) is 14.2 Å². The average molecular weight is 429 g/mol. The van der Waals surface area contributed by atoms with Gasteiger partial charge in [0, 0.05) is 5.56 Å². The van der Waals surface area contributed by atoms with Crippen molar-refractivity contribution in [3.8, 4) is 11.5 Å². The van der Waals surface area contributed by atoms with Gasteiger partial charge in [0.1, 0.15) is 16.5 Å². The third-order valence-corrected chi connectivity index (χ3v) is 5.32. The molecule has 1 heterocycles. The number of rotatable bonds is 4. The van der Waals surface area contributed by atoms with E-state index in [1.54, 1.807) is 31.6 Å². The zero-order chi connectivity index (χ0) is 14.0. The van der Waals surface area contributed by atoms with E-state index < -0.39 is 0 Å². The van der Waals surface area contributed by atoms with Crippen LogP contribution in [0.2, 0.25) is 5.02 Å². The highest BCUT2D eigenvalue weighted by atomic mass is 127. The van der Waals surface area contributed by atoms with Crippen LogP contribution in [0.4, 0.5) is 0 Å². The Bertz CT molecular complexity index is 586. The number of thiophene rings is 1. The van der Waals surface area contributed by atoms with Crippen LogP contribution < -0.4 is 9.47 Å². The van der Waals surface area contributed by atoms with Crippen LogP contribution in [0.3, 0.4) is 0 Å². The van der Waals surface area contributed by atoms with Gasteiger partial charge in [0.2, 0.25) is 0 Å². The molecule has 1 aromatic carbocycles. The van der Waals surface area contributed by atoms with Gasteiger partial charge in [-0.1, -0.05) is 11.6 Å². The molecule has 0 aliphatic carbocycles. The first-order chi connectivity index (χ1) is 9.08. The summed E-state index contributed by atoms with van der Waals surface area (Å²) >= 11 is 16.7. The molecule has 1 atom stereocenters. The topological polar surface area (TPSA) is 18.5 Å². The number of halogens is 3. The maximum Gasteiger partial charge on any atom is 0.146 e. The minimum Gasteiger partial charge on any atom is -0.495 e. The molecule has 0 saturated heterocycles. The van der Waals surface area contributed by atoms with Crippen LogP contribution >= 0.6 is 57.1 Å². The third-order valence-electron chi connectivity index (χ3n) is 2.67. The van der Waals surface area contributed by atoms with E-state index in [1.807, 2.05) is 11.4 Å². The van der Waals surface area contributed by atoms with Crippen molar-refractivity contribution in [3.05, 3.63) is 42.6 Å². The number of hydrogen-bond acceptors (Lipinski definition) is 3. The Morgan fingerprint density at radius 1 is 1.26 bits per heavy atom. The maximum atomic E-state index is 6.52. The van der Waals surface area contributed by atoms with Gasteiger partial charge in [-0.25, -0.2) is 0 Å².